The Balaban J connectivity index is 1.49. The molecule has 0 aliphatic carbocycles. The lowest BCUT2D eigenvalue weighted by molar-refractivity contribution is -0.137. The molecule has 3 aliphatic rings. The number of hydrogen-bond acceptors (Lipinski definition) is 10. The average molecular weight is 628 g/mol. The van der Waals surface area contributed by atoms with Gasteiger partial charge in [-0.1, -0.05) is 6.07 Å². The van der Waals surface area contributed by atoms with Crippen LogP contribution in [0, 0.1) is 39.7 Å². The summed E-state index contributed by atoms with van der Waals surface area (Å²) >= 11 is 0.692. The molecule has 3 aliphatic heterocycles. The fourth-order valence-corrected chi connectivity index (χ4v) is 7.14. The van der Waals surface area contributed by atoms with E-state index in [0.717, 1.165) is 31.0 Å². The minimum atomic E-state index is -5.06. The third-order valence-electron chi connectivity index (χ3n) is 8.38. The molecule has 2 aromatic carbocycles. The Bertz CT molecular complexity index is 1920. The van der Waals surface area contributed by atoms with Crippen molar-refractivity contribution < 1.29 is 31.4 Å². The standard InChI is InChI=1S/C29H22F5N7O2S/c30-19-4-3-15(20-17(6-35)25(37)44-24(19)20)21-18(29(32,33)34)5-16-23(22(21)31)39-27(43-12-28(9-36)10-42-11-28)40-26(16)41-7-13-1-2-14(8-41)38-13/h3-5,13-14,38H,1-2,7-8,10-12,37H2. The van der Waals surface area contributed by atoms with E-state index in [1.165, 1.54) is 0 Å². The fourth-order valence-electron chi connectivity index (χ4n) is 6.19. The number of aromatic nitrogens is 2. The maximum Gasteiger partial charge on any atom is 0.417 e. The van der Waals surface area contributed by atoms with E-state index in [-0.39, 0.29) is 75.3 Å². The molecule has 5 heterocycles. The molecule has 226 valence electrons. The molecule has 2 atom stereocenters. The van der Waals surface area contributed by atoms with Gasteiger partial charge in [-0.05, 0) is 30.5 Å². The van der Waals surface area contributed by atoms with E-state index in [0.29, 0.717) is 24.4 Å². The van der Waals surface area contributed by atoms with E-state index in [9.17, 15) is 28.1 Å². The molecule has 9 nitrogen and oxygen atoms in total. The van der Waals surface area contributed by atoms with Crippen molar-refractivity contribution in [3.63, 3.8) is 0 Å². The number of nitrogen functional groups attached to an aromatic ring is 1. The number of nitrogens with two attached hydrogens (primary N) is 1. The number of thiophene rings is 1. The van der Waals surface area contributed by atoms with Crippen LogP contribution in [0.25, 0.3) is 32.1 Å². The summed E-state index contributed by atoms with van der Waals surface area (Å²) in [5.74, 6) is -2.08. The molecule has 3 saturated heterocycles. The summed E-state index contributed by atoms with van der Waals surface area (Å²) in [4.78, 5) is 10.5. The Kier molecular flexibility index (Phi) is 6.55. The van der Waals surface area contributed by atoms with Gasteiger partial charge < -0.3 is 25.4 Å². The number of rotatable bonds is 5. The highest BCUT2D eigenvalue weighted by atomic mass is 32.1. The SMILES string of the molecule is N#Cc1c(N)sc2c(F)ccc(-c3c(C(F)(F)F)cc4c(N5CC6CCC(C5)N6)nc(OCC5(C#N)COC5)nc4c3F)c12. The van der Waals surface area contributed by atoms with Gasteiger partial charge in [0.1, 0.15) is 40.2 Å². The summed E-state index contributed by atoms with van der Waals surface area (Å²) in [6.07, 6.45) is -3.32. The molecule has 2 aromatic heterocycles. The Morgan fingerprint density at radius 2 is 1.89 bits per heavy atom. The maximum absolute atomic E-state index is 16.8. The number of benzene rings is 2. The van der Waals surface area contributed by atoms with Gasteiger partial charge in [0.15, 0.2) is 5.82 Å². The fraction of sp³-hybridized carbons (Fsp3) is 0.379. The van der Waals surface area contributed by atoms with E-state index in [1.807, 2.05) is 6.07 Å². The predicted molar refractivity (Wildman–Crippen MR) is 151 cm³/mol. The topological polar surface area (TPSA) is 133 Å². The second kappa shape index (κ2) is 10.1. The molecule has 0 spiro atoms. The summed E-state index contributed by atoms with van der Waals surface area (Å²) in [6, 6.07) is 6.49. The van der Waals surface area contributed by atoms with Crippen LogP contribution >= 0.6 is 11.3 Å². The Labute approximate surface area is 250 Å². The summed E-state index contributed by atoms with van der Waals surface area (Å²) in [5, 5.41) is 22.3. The Hall–Kier alpha value is -4.31. The van der Waals surface area contributed by atoms with Crippen LogP contribution < -0.4 is 20.7 Å². The van der Waals surface area contributed by atoms with Crippen molar-refractivity contribution in [2.24, 2.45) is 5.41 Å². The largest absolute Gasteiger partial charge is 0.462 e. The Morgan fingerprint density at radius 1 is 1.16 bits per heavy atom. The lowest BCUT2D eigenvalue weighted by Gasteiger charge is -2.35. The van der Waals surface area contributed by atoms with Crippen LogP contribution in [0.5, 0.6) is 6.01 Å². The van der Waals surface area contributed by atoms with Crippen molar-refractivity contribution in [2.45, 2.75) is 31.1 Å². The molecular formula is C29H22F5N7O2S. The van der Waals surface area contributed by atoms with Gasteiger partial charge in [-0.15, -0.1) is 11.3 Å². The number of fused-ring (bicyclic) bond motifs is 4. The second-order valence-electron chi connectivity index (χ2n) is 11.3. The van der Waals surface area contributed by atoms with E-state index < -0.39 is 39.9 Å². The molecule has 3 fully saturated rings. The van der Waals surface area contributed by atoms with Crippen molar-refractivity contribution in [1.82, 2.24) is 15.3 Å². The minimum absolute atomic E-state index is 0.0666. The van der Waals surface area contributed by atoms with Crippen LogP contribution in [0.2, 0.25) is 0 Å². The first-order valence-electron chi connectivity index (χ1n) is 13.7. The highest BCUT2D eigenvalue weighted by molar-refractivity contribution is 7.23. The number of anilines is 2. The van der Waals surface area contributed by atoms with Crippen LogP contribution in [-0.4, -0.2) is 55.0 Å². The highest BCUT2D eigenvalue weighted by Crippen LogP contribution is 2.48. The number of alkyl halides is 3. The number of hydrogen-bond donors (Lipinski definition) is 2. The molecule has 0 amide bonds. The van der Waals surface area contributed by atoms with Crippen LogP contribution in [0.1, 0.15) is 24.0 Å². The minimum Gasteiger partial charge on any atom is -0.462 e. The summed E-state index contributed by atoms with van der Waals surface area (Å²) in [7, 11) is 0. The number of nitrogens with zero attached hydrogens (tertiary/aromatic N) is 5. The molecule has 0 saturated carbocycles. The third-order valence-corrected chi connectivity index (χ3v) is 9.41. The van der Waals surface area contributed by atoms with Gasteiger partial charge in [-0.2, -0.15) is 33.7 Å². The first kappa shape index (κ1) is 28.5. The van der Waals surface area contributed by atoms with Gasteiger partial charge in [0, 0.05) is 41.5 Å². The van der Waals surface area contributed by atoms with Gasteiger partial charge in [0.2, 0.25) is 0 Å². The van der Waals surface area contributed by atoms with Crippen LogP contribution in [0.15, 0.2) is 18.2 Å². The normalized spacial score (nSPS) is 20.8. The molecule has 44 heavy (non-hydrogen) atoms. The van der Waals surface area contributed by atoms with Crippen LogP contribution in [-0.2, 0) is 10.9 Å². The number of halogens is 5. The molecule has 15 heteroatoms. The van der Waals surface area contributed by atoms with Gasteiger partial charge in [-0.25, -0.2) is 8.78 Å². The van der Waals surface area contributed by atoms with Gasteiger partial charge in [-0.3, -0.25) is 0 Å². The number of nitriles is 2. The smallest absolute Gasteiger partial charge is 0.417 e. The molecule has 2 bridgehead atoms. The zero-order valence-corrected chi connectivity index (χ0v) is 23.6. The molecule has 3 N–H and O–H groups in total. The lowest BCUT2D eigenvalue weighted by atomic mass is 9.89. The highest BCUT2D eigenvalue weighted by Gasteiger charge is 2.42. The maximum atomic E-state index is 16.8. The first-order valence-corrected chi connectivity index (χ1v) is 14.5. The summed E-state index contributed by atoms with van der Waals surface area (Å²) in [5.41, 5.74) is 1.67. The molecule has 2 unspecified atom stereocenters. The van der Waals surface area contributed by atoms with Crippen molar-refractivity contribution >= 4 is 43.1 Å². The Morgan fingerprint density at radius 3 is 2.50 bits per heavy atom. The quantitative estimate of drug-likeness (QED) is 0.289. The zero-order chi connectivity index (χ0) is 31.0. The van der Waals surface area contributed by atoms with Crippen molar-refractivity contribution in [1.29, 1.82) is 10.5 Å². The summed E-state index contributed by atoms with van der Waals surface area (Å²) < 4.78 is 86.6. The molecule has 7 rings (SSSR count). The zero-order valence-electron chi connectivity index (χ0n) is 22.8. The summed E-state index contributed by atoms with van der Waals surface area (Å²) in [6.45, 7) is 0.894. The lowest BCUT2D eigenvalue weighted by Crippen LogP contribution is -2.51. The molecular weight excluding hydrogens is 605 g/mol. The number of ether oxygens (including phenoxy) is 2. The number of piperazine rings is 1. The second-order valence-corrected chi connectivity index (χ2v) is 12.4. The predicted octanol–water partition coefficient (Wildman–Crippen LogP) is 5.12. The van der Waals surface area contributed by atoms with E-state index in [2.05, 4.69) is 21.4 Å². The average Bonchev–Trinajstić information content (AvgIpc) is 3.50. The van der Waals surface area contributed by atoms with Crippen molar-refractivity contribution in [3.8, 4) is 29.3 Å². The third kappa shape index (κ3) is 4.46. The first-order chi connectivity index (χ1) is 21.0. The van der Waals surface area contributed by atoms with Crippen LogP contribution in [0.3, 0.4) is 0 Å². The van der Waals surface area contributed by atoms with Crippen LogP contribution in [0.4, 0.5) is 32.8 Å². The monoisotopic (exact) mass is 627 g/mol. The van der Waals surface area contributed by atoms with Crippen molar-refractivity contribution in [2.75, 3.05) is 43.5 Å². The van der Waals surface area contributed by atoms with Gasteiger partial charge in [0.05, 0.1) is 35.1 Å². The van der Waals surface area contributed by atoms with E-state index >= 15 is 4.39 Å². The van der Waals surface area contributed by atoms with Crippen molar-refractivity contribution in [3.05, 3.63) is 41.0 Å². The number of nitrogens with one attached hydrogen (secondary N) is 1. The van der Waals surface area contributed by atoms with Gasteiger partial charge >= 0.3 is 12.2 Å². The van der Waals surface area contributed by atoms with Gasteiger partial charge in [0.25, 0.3) is 0 Å². The van der Waals surface area contributed by atoms with E-state index in [4.69, 9.17) is 15.2 Å². The molecule has 0 radical (unpaired) electrons. The molecule has 4 aromatic rings. The van der Waals surface area contributed by atoms with E-state index in [1.54, 1.807) is 4.90 Å².